The second kappa shape index (κ2) is 12.5. The summed E-state index contributed by atoms with van der Waals surface area (Å²) in [5, 5.41) is 21.7. The molecule has 0 aromatic rings. The zero-order chi connectivity index (χ0) is 21.1. The Morgan fingerprint density at radius 1 is 1.43 bits per heavy atom. The lowest BCUT2D eigenvalue weighted by molar-refractivity contribution is -0.133. The molecule has 28 heavy (non-hydrogen) atoms. The van der Waals surface area contributed by atoms with E-state index in [0.29, 0.717) is 30.4 Å². The van der Waals surface area contributed by atoms with Crippen molar-refractivity contribution in [2.24, 2.45) is 0 Å². The Hall–Kier alpha value is -1.99. The number of nitrogens with one attached hydrogen (secondary N) is 2. The molecule has 1 rings (SSSR count). The zero-order valence-electron chi connectivity index (χ0n) is 17.7. The number of piperidine rings is 1. The number of aliphatic hydroxyl groups excluding tert-OH is 1. The predicted octanol–water partition coefficient (Wildman–Crippen LogP) is 2.08. The van der Waals surface area contributed by atoms with Gasteiger partial charge in [-0.05, 0) is 46.1 Å². The van der Waals surface area contributed by atoms with Crippen LogP contribution in [0, 0.1) is 5.41 Å². The summed E-state index contributed by atoms with van der Waals surface area (Å²) in [5.74, 6) is 0.239. The summed E-state index contributed by atoms with van der Waals surface area (Å²) in [6.07, 6.45) is 8.36. The third-order valence-corrected chi connectivity index (χ3v) is 5.32. The van der Waals surface area contributed by atoms with Gasteiger partial charge in [0.25, 0.3) is 0 Å². The second-order valence-corrected chi connectivity index (χ2v) is 7.14. The van der Waals surface area contributed by atoms with Gasteiger partial charge in [0.15, 0.2) is 6.29 Å². The number of hydrogen-bond acceptors (Lipinski definition) is 6. The van der Waals surface area contributed by atoms with E-state index in [1.54, 1.807) is 7.05 Å². The highest BCUT2D eigenvalue weighted by Gasteiger charge is 2.25. The molecule has 1 fully saturated rings. The molecule has 7 nitrogen and oxygen atoms in total. The zero-order valence-corrected chi connectivity index (χ0v) is 17.7. The van der Waals surface area contributed by atoms with E-state index in [2.05, 4.69) is 5.32 Å². The second-order valence-electron chi connectivity index (χ2n) is 7.14. The Kier molecular flexibility index (Phi) is 10.7. The first-order valence-electron chi connectivity index (χ1n) is 10.2. The Balaban J connectivity index is 2.84. The number of carbonyl (C=O) groups excluding carboxylic acids is 2. The number of rotatable bonds is 12. The molecule has 0 aliphatic carbocycles. The van der Waals surface area contributed by atoms with Gasteiger partial charge >= 0.3 is 0 Å². The number of carbonyl (C=O) groups is 2. The smallest absolute Gasteiger partial charge is 0.222 e. The van der Waals surface area contributed by atoms with Gasteiger partial charge in [-0.15, -0.1) is 0 Å². The van der Waals surface area contributed by atoms with Crippen molar-refractivity contribution in [3.8, 4) is 0 Å². The van der Waals surface area contributed by atoms with Gasteiger partial charge in [0, 0.05) is 38.2 Å². The number of amides is 1. The van der Waals surface area contributed by atoms with E-state index in [1.165, 1.54) is 0 Å². The van der Waals surface area contributed by atoms with Crippen molar-refractivity contribution in [1.82, 2.24) is 15.1 Å². The molecule has 0 aromatic carbocycles. The first kappa shape index (κ1) is 24.0. The fourth-order valence-corrected chi connectivity index (χ4v) is 3.67. The maximum Gasteiger partial charge on any atom is 0.222 e. The van der Waals surface area contributed by atoms with E-state index >= 15 is 0 Å². The van der Waals surface area contributed by atoms with Gasteiger partial charge in [-0.1, -0.05) is 19.1 Å². The normalized spacial score (nSPS) is 18.2. The molecule has 158 valence electrons. The van der Waals surface area contributed by atoms with Crippen molar-refractivity contribution >= 4 is 17.9 Å². The van der Waals surface area contributed by atoms with Crippen LogP contribution in [0.25, 0.3) is 0 Å². The molecule has 0 bridgehead atoms. The third-order valence-electron chi connectivity index (χ3n) is 5.32. The topological polar surface area (TPSA) is 96.7 Å². The van der Waals surface area contributed by atoms with Crippen LogP contribution < -0.4 is 5.32 Å². The minimum Gasteiger partial charge on any atom is -0.388 e. The Morgan fingerprint density at radius 3 is 2.68 bits per heavy atom. The molecule has 0 aromatic heterocycles. The molecule has 1 saturated heterocycles. The van der Waals surface area contributed by atoms with Crippen LogP contribution in [0.2, 0.25) is 0 Å². The molecule has 0 saturated carbocycles. The third kappa shape index (κ3) is 6.56. The highest BCUT2D eigenvalue weighted by atomic mass is 16.3. The van der Waals surface area contributed by atoms with Gasteiger partial charge in [0.05, 0.1) is 11.4 Å². The molecule has 1 aliphatic rings. The van der Waals surface area contributed by atoms with Gasteiger partial charge in [0.2, 0.25) is 5.91 Å². The summed E-state index contributed by atoms with van der Waals surface area (Å²) >= 11 is 0. The summed E-state index contributed by atoms with van der Waals surface area (Å²) < 4.78 is 0. The van der Waals surface area contributed by atoms with E-state index in [9.17, 15) is 14.7 Å². The Morgan fingerprint density at radius 2 is 2.14 bits per heavy atom. The molecular formula is C21H36N4O3. The maximum absolute atomic E-state index is 12.0. The molecule has 1 amide bonds. The van der Waals surface area contributed by atoms with E-state index < -0.39 is 6.23 Å². The van der Waals surface area contributed by atoms with Crippen LogP contribution in [-0.2, 0) is 9.59 Å². The SMILES string of the molecule is C/C=C\[C@H](CCCN1CCCCC1=O)N(C)C(O)/C(NC)=C(\CC)C(=N)C=O. The number of nitrogens with zero attached hydrogens (tertiary/aromatic N) is 2. The van der Waals surface area contributed by atoms with E-state index in [1.807, 2.05) is 42.8 Å². The van der Waals surface area contributed by atoms with Gasteiger partial charge in [-0.3, -0.25) is 19.9 Å². The van der Waals surface area contributed by atoms with Gasteiger partial charge in [-0.25, -0.2) is 0 Å². The van der Waals surface area contributed by atoms with Crippen LogP contribution in [0.4, 0.5) is 0 Å². The van der Waals surface area contributed by atoms with Crippen molar-refractivity contribution < 1.29 is 14.7 Å². The first-order chi connectivity index (χ1) is 13.4. The molecule has 7 heteroatoms. The van der Waals surface area contributed by atoms with Gasteiger partial charge in [-0.2, -0.15) is 0 Å². The maximum atomic E-state index is 12.0. The summed E-state index contributed by atoms with van der Waals surface area (Å²) in [6.45, 7) is 5.37. The molecule has 0 radical (unpaired) electrons. The fraction of sp³-hybridized carbons (Fsp3) is 0.667. The van der Waals surface area contributed by atoms with Crippen LogP contribution in [0.5, 0.6) is 0 Å². The van der Waals surface area contributed by atoms with E-state index in [0.717, 1.165) is 38.8 Å². The summed E-state index contributed by atoms with van der Waals surface area (Å²) in [7, 11) is 3.52. The standard InChI is InChI=1S/C21H36N4O3/c1-5-10-16(11-9-14-25-13-8-7-12-19(25)27)24(4)21(28)20(23-3)17(6-2)18(22)15-26/h5,10,15-16,21-23,28H,6-9,11-14H2,1-4H3/b10-5-,20-17-,22-18?/t16-,21?/m1/s1. The monoisotopic (exact) mass is 392 g/mol. The largest absolute Gasteiger partial charge is 0.388 e. The molecule has 1 aliphatic heterocycles. The van der Waals surface area contributed by atoms with Crippen molar-refractivity contribution in [2.75, 3.05) is 27.2 Å². The van der Waals surface area contributed by atoms with Crippen molar-refractivity contribution in [2.45, 2.75) is 64.6 Å². The minimum atomic E-state index is -0.960. The lowest BCUT2D eigenvalue weighted by Crippen LogP contribution is -2.44. The average molecular weight is 393 g/mol. The lowest BCUT2D eigenvalue weighted by atomic mass is 10.0. The molecule has 1 unspecified atom stereocenters. The average Bonchev–Trinajstić information content (AvgIpc) is 2.71. The van der Waals surface area contributed by atoms with E-state index in [-0.39, 0.29) is 17.7 Å². The lowest BCUT2D eigenvalue weighted by Gasteiger charge is -2.33. The molecular weight excluding hydrogens is 356 g/mol. The number of allylic oxidation sites excluding steroid dienone is 2. The number of aldehydes is 1. The Labute approximate surface area is 169 Å². The van der Waals surface area contributed by atoms with Crippen LogP contribution in [-0.4, -0.2) is 72.3 Å². The summed E-state index contributed by atoms with van der Waals surface area (Å²) in [6, 6.07) is -0.0215. The highest BCUT2D eigenvalue weighted by molar-refractivity contribution is 6.34. The highest BCUT2D eigenvalue weighted by Crippen LogP contribution is 2.19. The summed E-state index contributed by atoms with van der Waals surface area (Å²) in [5.41, 5.74) is 0.864. The molecule has 1 heterocycles. The molecule has 0 spiro atoms. The van der Waals surface area contributed by atoms with Crippen molar-refractivity contribution in [1.29, 1.82) is 5.41 Å². The minimum absolute atomic E-state index is 0.0215. The van der Waals surface area contributed by atoms with Crippen LogP contribution in [0.15, 0.2) is 23.4 Å². The van der Waals surface area contributed by atoms with Crippen molar-refractivity contribution in [3.05, 3.63) is 23.4 Å². The molecule has 2 atom stereocenters. The molecule has 3 N–H and O–H groups in total. The quantitative estimate of drug-likeness (QED) is 0.204. The first-order valence-corrected chi connectivity index (χ1v) is 10.2. The summed E-state index contributed by atoms with van der Waals surface area (Å²) in [4.78, 5) is 26.8. The van der Waals surface area contributed by atoms with Crippen LogP contribution >= 0.6 is 0 Å². The number of aliphatic hydroxyl groups is 1. The van der Waals surface area contributed by atoms with E-state index in [4.69, 9.17) is 5.41 Å². The van der Waals surface area contributed by atoms with Crippen LogP contribution in [0.3, 0.4) is 0 Å². The van der Waals surface area contributed by atoms with Crippen LogP contribution in [0.1, 0.15) is 52.4 Å². The fourth-order valence-electron chi connectivity index (χ4n) is 3.67. The number of likely N-dealkylation sites (tertiary alicyclic amines) is 1. The Bertz CT molecular complexity index is 600. The predicted molar refractivity (Wildman–Crippen MR) is 112 cm³/mol. The van der Waals surface area contributed by atoms with Gasteiger partial charge in [0.1, 0.15) is 6.23 Å². The number of likely N-dealkylation sites (N-methyl/N-ethyl adjacent to an activating group) is 2. The van der Waals surface area contributed by atoms with Crippen molar-refractivity contribution in [3.63, 3.8) is 0 Å². The number of hydrogen-bond donors (Lipinski definition) is 3. The van der Waals surface area contributed by atoms with Gasteiger partial charge < -0.3 is 15.3 Å².